The number of aliphatic hydroxyl groups is 5. The predicted octanol–water partition coefficient (Wildman–Crippen LogP) is 7.38. The topological polar surface area (TPSA) is 222 Å². The van der Waals surface area contributed by atoms with Gasteiger partial charge in [0, 0.05) is 12.8 Å². The fourth-order valence-electron chi connectivity index (χ4n) is 6.86. The number of carbonyl (C=O) groups excluding carboxylic acids is 2. The van der Waals surface area contributed by atoms with Gasteiger partial charge in [0.15, 0.2) is 6.10 Å². The summed E-state index contributed by atoms with van der Waals surface area (Å²) >= 11 is 0. The van der Waals surface area contributed by atoms with Gasteiger partial charge in [-0.1, -0.05) is 152 Å². The quantitative estimate of drug-likeness (QED) is 0.00914. The Morgan fingerprint density at radius 3 is 1.82 bits per heavy atom. The molecule has 0 aromatic heterocycles. The first-order chi connectivity index (χ1) is 28.9. The van der Waals surface area contributed by atoms with Crippen LogP contribution in [0.25, 0.3) is 0 Å². The molecule has 1 saturated carbocycles. The SMILES string of the molecule is CCCCC/C=C/C/C=C/C=C\C=C/C1OC1CCCC(=O)OC(COC(=O)CCCCCCCCCCCCCCC)COP(=O)(O)OC1C(O)C(O)C(O)C(O)C1O. The Balaban J connectivity index is 1.77. The molecule has 0 amide bonds. The van der Waals surface area contributed by atoms with Crippen LogP contribution < -0.4 is 0 Å². The molecule has 0 bridgehead atoms. The number of phosphoric acid groups is 1. The largest absolute Gasteiger partial charge is 0.472 e. The van der Waals surface area contributed by atoms with Crippen molar-refractivity contribution in [3.63, 3.8) is 0 Å². The van der Waals surface area contributed by atoms with Gasteiger partial charge in [-0.05, 0) is 38.5 Å². The zero-order valence-corrected chi connectivity index (χ0v) is 37.1. The van der Waals surface area contributed by atoms with Crippen molar-refractivity contribution in [2.75, 3.05) is 13.2 Å². The number of aliphatic hydroxyl groups excluding tert-OH is 5. The highest BCUT2D eigenvalue weighted by Gasteiger charge is 2.51. The third kappa shape index (κ3) is 24.4. The number of carbonyl (C=O) groups is 2. The number of phosphoric ester groups is 1. The second-order valence-corrected chi connectivity index (χ2v) is 17.4. The molecule has 2 aliphatic rings. The van der Waals surface area contributed by atoms with Gasteiger partial charge in [-0.25, -0.2) is 4.57 Å². The molecule has 0 aromatic carbocycles. The highest BCUT2D eigenvalue weighted by atomic mass is 31.2. The fraction of sp³-hybridized carbons (Fsp3) is 0.778. The zero-order valence-electron chi connectivity index (χ0n) is 36.2. The van der Waals surface area contributed by atoms with Crippen LogP contribution in [0.3, 0.4) is 0 Å². The number of epoxide rings is 1. The second kappa shape index (κ2) is 32.4. The maximum absolute atomic E-state index is 12.8. The Kier molecular flexibility index (Phi) is 29.1. The predicted molar refractivity (Wildman–Crippen MR) is 230 cm³/mol. The van der Waals surface area contributed by atoms with Crippen LogP contribution in [-0.4, -0.2) is 111 Å². The number of hydrogen-bond acceptors (Lipinski definition) is 13. The number of ether oxygens (including phenoxy) is 3. The smallest absolute Gasteiger partial charge is 0.462 e. The van der Waals surface area contributed by atoms with E-state index in [-0.39, 0.29) is 25.0 Å². The van der Waals surface area contributed by atoms with Gasteiger partial charge in [0.25, 0.3) is 0 Å². The molecular weight excluding hydrogens is 795 g/mol. The molecule has 15 heteroatoms. The van der Waals surface area contributed by atoms with Crippen molar-refractivity contribution in [1.29, 1.82) is 0 Å². The Morgan fingerprint density at radius 1 is 0.633 bits per heavy atom. The van der Waals surface area contributed by atoms with E-state index in [1.54, 1.807) is 0 Å². The van der Waals surface area contributed by atoms with Crippen molar-refractivity contribution in [3.05, 3.63) is 48.6 Å². The van der Waals surface area contributed by atoms with Crippen LogP contribution in [0.1, 0.15) is 155 Å². The fourth-order valence-corrected chi connectivity index (χ4v) is 7.83. The molecule has 2 fully saturated rings. The highest BCUT2D eigenvalue weighted by molar-refractivity contribution is 7.47. The summed E-state index contributed by atoms with van der Waals surface area (Å²) in [6.45, 7) is 3.18. The Hall–Kier alpha value is -2.23. The maximum Gasteiger partial charge on any atom is 0.472 e. The molecule has 8 atom stereocenters. The van der Waals surface area contributed by atoms with Crippen LogP contribution in [0.5, 0.6) is 0 Å². The van der Waals surface area contributed by atoms with Crippen LogP contribution in [0.15, 0.2) is 48.6 Å². The van der Waals surface area contributed by atoms with E-state index in [9.17, 15) is 44.6 Å². The summed E-state index contributed by atoms with van der Waals surface area (Å²) in [5.41, 5.74) is 0. The minimum Gasteiger partial charge on any atom is -0.462 e. The van der Waals surface area contributed by atoms with Crippen LogP contribution in [0.2, 0.25) is 0 Å². The average Bonchev–Trinajstić information content (AvgIpc) is 3.98. The molecule has 1 heterocycles. The number of unbranched alkanes of at least 4 members (excludes halogenated alkanes) is 15. The average molecular weight is 873 g/mol. The van der Waals surface area contributed by atoms with E-state index in [0.717, 1.165) is 32.1 Å². The second-order valence-electron chi connectivity index (χ2n) is 16.0. The highest BCUT2D eigenvalue weighted by Crippen LogP contribution is 2.47. The van der Waals surface area contributed by atoms with Crippen molar-refractivity contribution >= 4 is 19.8 Å². The van der Waals surface area contributed by atoms with Crippen molar-refractivity contribution < 1.29 is 67.8 Å². The maximum atomic E-state index is 12.8. The van der Waals surface area contributed by atoms with Crippen LogP contribution >= 0.6 is 7.82 Å². The van der Waals surface area contributed by atoms with Gasteiger partial charge >= 0.3 is 19.8 Å². The lowest BCUT2D eigenvalue weighted by molar-refractivity contribution is -0.220. The van der Waals surface area contributed by atoms with Gasteiger partial charge in [0.2, 0.25) is 0 Å². The molecular formula is C45H77O14P. The first kappa shape index (κ1) is 53.9. The van der Waals surface area contributed by atoms with Crippen molar-refractivity contribution in [2.24, 2.45) is 0 Å². The monoisotopic (exact) mass is 873 g/mol. The lowest BCUT2D eigenvalue weighted by atomic mass is 9.85. The third-order valence-corrected chi connectivity index (χ3v) is 11.6. The molecule has 0 spiro atoms. The zero-order chi connectivity index (χ0) is 44.0. The Morgan fingerprint density at radius 2 is 1.18 bits per heavy atom. The van der Waals surface area contributed by atoms with Crippen LogP contribution in [-0.2, 0) is 37.4 Å². The molecule has 0 aromatic rings. The van der Waals surface area contributed by atoms with Gasteiger partial charge in [-0.2, -0.15) is 0 Å². The summed E-state index contributed by atoms with van der Waals surface area (Å²) < 4.78 is 39.2. The molecule has 2 rings (SSSR count). The number of esters is 2. The first-order valence-corrected chi connectivity index (χ1v) is 24.1. The van der Waals surface area contributed by atoms with Gasteiger partial charge < -0.3 is 44.6 Å². The summed E-state index contributed by atoms with van der Waals surface area (Å²) in [5.74, 6) is -1.19. The van der Waals surface area contributed by atoms with Gasteiger partial charge in [-0.3, -0.25) is 18.6 Å². The number of allylic oxidation sites excluding steroid dienone is 7. The van der Waals surface area contributed by atoms with Crippen molar-refractivity contribution in [2.45, 2.75) is 210 Å². The summed E-state index contributed by atoms with van der Waals surface area (Å²) in [4.78, 5) is 35.8. The Bertz CT molecular complexity index is 1300. The van der Waals surface area contributed by atoms with Crippen LogP contribution in [0.4, 0.5) is 0 Å². The van der Waals surface area contributed by atoms with E-state index in [0.29, 0.717) is 19.3 Å². The van der Waals surface area contributed by atoms with E-state index in [1.165, 1.54) is 77.0 Å². The normalized spacial score (nSPS) is 26.0. The van der Waals surface area contributed by atoms with E-state index >= 15 is 0 Å². The third-order valence-electron chi connectivity index (χ3n) is 10.6. The van der Waals surface area contributed by atoms with Gasteiger partial charge in [-0.15, -0.1) is 0 Å². The molecule has 60 heavy (non-hydrogen) atoms. The number of hydrogen-bond donors (Lipinski definition) is 6. The molecule has 0 radical (unpaired) electrons. The first-order valence-electron chi connectivity index (χ1n) is 22.6. The van der Waals surface area contributed by atoms with Crippen LogP contribution in [0, 0.1) is 0 Å². The summed E-state index contributed by atoms with van der Waals surface area (Å²) in [6, 6.07) is 0. The molecule has 14 nitrogen and oxygen atoms in total. The standard InChI is InChI=1S/C45H77O14P/c1-3-5-7-9-11-13-15-17-19-21-23-25-27-31-38(46)55-33-35(34-56-60(53,54)59-45-43(51)41(49)40(48)42(50)44(45)52)57-39(47)32-28-30-37-36(58-37)29-26-24-22-20-18-16-14-12-10-8-6-4-2/h12,14,18,20,22,24,26,29,35-37,40-45,48-52H,3-11,13,15-17,19,21,23,25,27-28,30-34H2,1-2H3,(H,53,54)/b14-12+,20-18+,24-22-,29-26-. The van der Waals surface area contributed by atoms with Gasteiger partial charge in [0.1, 0.15) is 49.3 Å². The van der Waals surface area contributed by atoms with E-state index in [2.05, 4.69) is 32.1 Å². The Labute approximate surface area is 358 Å². The van der Waals surface area contributed by atoms with E-state index < -0.39 is 75.7 Å². The summed E-state index contributed by atoms with van der Waals surface area (Å²) in [5, 5.41) is 50.1. The van der Waals surface area contributed by atoms with E-state index in [4.69, 9.17) is 23.3 Å². The minimum atomic E-state index is -5.15. The summed E-state index contributed by atoms with van der Waals surface area (Å²) in [7, 11) is -5.15. The summed E-state index contributed by atoms with van der Waals surface area (Å²) in [6.07, 6.45) is 24.7. The lowest BCUT2D eigenvalue weighted by Crippen LogP contribution is -2.64. The molecule has 1 saturated heterocycles. The minimum absolute atomic E-state index is 0.0106. The lowest BCUT2D eigenvalue weighted by Gasteiger charge is -2.41. The van der Waals surface area contributed by atoms with Crippen molar-refractivity contribution in [1.82, 2.24) is 0 Å². The number of rotatable bonds is 35. The molecule has 8 unspecified atom stereocenters. The molecule has 1 aliphatic carbocycles. The molecule has 6 N–H and O–H groups in total. The molecule has 346 valence electrons. The molecule has 1 aliphatic heterocycles. The van der Waals surface area contributed by atoms with Crippen molar-refractivity contribution in [3.8, 4) is 0 Å². The van der Waals surface area contributed by atoms with E-state index in [1.807, 2.05) is 30.4 Å². The van der Waals surface area contributed by atoms with Gasteiger partial charge in [0.05, 0.1) is 12.7 Å².